The van der Waals surface area contributed by atoms with Crippen LogP contribution in [0.2, 0.25) is 0 Å². The minimum Gasteiger partial charge on any atom is -0.373 e. The zero-order valence-electron chi connectivity index (χ0n) is 10.4. The van der Waals surface area contributed by atoms with Crippen LogP contribution >= 0.6 is 0 Å². The molecule has 1 nitrogen and oxygen atoms in total. The second kappa shape index (κ2) is 6.41. The van der Waals surface area contributed by atoms with Gasteiger partial charge in [-0.05, 0) is 37.3 Å². The third-order valence-corrected chi connectivity index (χ3v) is 2.97. The van der Waals surface area contributed by atoms with Crippen LogP contribution in [0.25, 0.3) is 0 Å². The zero-order chi connectivity index (χ0) is 11.9. The van der Waals surface area contributed by atoms with Crippen molar-refractivity contribution in [2.45, 2.75) is 32.3 Å². The Kier molecular flexibility index (Phi) is 4.57. The van der Waals surface area contributed by atoms with Gasteiger partial charge in [0.05, 0.1) is 12.7 Å². The molecule has 1 aromatic rings. The molecule has 1 aliphatic carbocycles. The zero-order valence-corrected chi connectivity index (χ0v) is 10.4. The maximum Gasteiger partial charge on any atom is 0.0717 e. The number of ether oxygens (including phenoxy) is 1. The van der Waals surface area contributed by atoms with E-state index in [4.69, 9.17) is 4.74 Å². The van der Waals surface area contributed by atoms with Gasteiger partial charge in [0.2, 0.25) is 0 Å². The van der Waals surface area contributed by atoms with Gasteiger partial charge in [0.25, 0.3) is 0 Å². The van der Waals surface area contributed by atoms with Crippen LogP contribution in [-0.2, 0) is 11.2 Å². The first-order chi connectivity index (χ1) is 8.34. The molecule has 0 spiro atoms. The van der Waals surface area contributed by atoms with E-state index in [-0.39, 0.29) is 6.10 Å². The number of allylic oxidation sites excluding steroid dienone is 2. The average molecular weight is 228 g/mol. The summed E-state index contributed by atoms with van der Waals surface area (Å²) in [6, 6.07) is 10.5. The molecule has 0 bridgehead atoms. The Morgan fingerprint density at radius 1 is 1.18 bits per heavy atom. The lowest BCUT2D eigenvalue weighted by Crippen LogP contribution is -2.13. The minimum absolute atomic E-state index is 0.272. The smallest absolute Gasteiger partial charge is 0.0717 e. The summed E-state index contributed by atoms with van der Waals surface area (Å²) in [7, 11) is 0. The molecule has 1 aromatic carbocycles. The van der Waals surface area contributed by atoms with Gasteiger partial charge in [0, 0.05) is 0 Å². The Hall–Kier alpha value is -1.34. The Balaban J connectivity index is 1.76. The van der Waals surface area contributed by atoms with Crippen molar-refractivity contribution < 1.29 is 4.74 Å². The van der Waals surface area contributed by atoms with Crippen molar-refractivity contribution >= 4 is 0 Å². The topological polar surface area (TPSA) is 9.23 Å². The van der Waals surface area contributed by atoms with Gasteiger partial charge in [-0.2, -0.15) is 0 Å². The third kappa shape index (κ3) is 4.20. The maximum absolute atomic E-state index is 5.87. The van der Waals surface area contributed by atoms with Gasteiger partial charge in [0.1, 0.15) is 0 Å². The lowest BCUT2D eigenvalue weighted by atomic mass is 10.1. The van der Waals surface area contributed by atoms with Gasteiger partial charge in [-0.25, -0.2) is 0 Å². The summed E-state index contributed by atoms with van der Waals surface area (Å²) >= 11 is 0. The largest absolute Gasteiger partial charge is 0.373 e. The Morgan fingerprint density at radius 3 is 2.71 bits per heavy atom. The van der Waals surface area contributed by atoms with Crippen molar-refractivity contribution in [2.24, 2.45) is 0 Å². The van der Waals surface area contributed by atoms with Gasteiger partial charge in [-0.1, -0.05) is 48.6 Å². The van der Waals surface area contributed by atoms with Crippen molar-refractivity contribution in [1.82, 2.24) is 0 Å². The van der Waals surface area contributed by atoms with Crippen LogP contribution in [0, 0.1) is 0 Å². The summed E-state index contributed by atoms with van der Waals surface area (Å²) in [5.41, 5.74) is 2.66. The van der Waals surface area contributed by atoms with Gasteiger partial charge in [0.15, 0.2) is 0 Å². The van der Waals surface area contributed by atoms with Crippen molar-refractivity contribution in [1.29, 1.82) is 0 Å². The van der Waals surface area contributed by atoms with Gasteiger partial charge in [-0.15, -0.1) is 0 Å². The van der Waals surface area contributed by atoms with E-state index in [2.05, 4.69) is 49.4 Å². The van der Waals surface area contributed by atoms with Crippen molar-refractivity contribution in [3.8, 4) is 0 Å². The molecule has 1 aliphatic rings. The molecule has 0 saturated heterocycles. The SMILES string of the molecule is CC(Cc1ccccc1)OCC1=CCCC=C1. The second-order valence-corrected chi connectivity index (χ2v) is 4.57. The van der Waals surface area contributed by atoms with E-state index in [0.29, 0.717) is 0 Å². The van der Waals surface area contributed by atoms with Crippen molar-refractivity contribution in [3.05, 3.63) is 59.7 Å². The molecule has 0 heterocycles. The van der Waals surface area contributed by atoms with E-state index < -0.39 is 0 Å². The highest BCUT2D eigenvalue weighted by Gasteiger charge is 2.05. The predicted octanol–water partition coefficient (Wildman–Crippen LogP) is 3.91. The molecule has 0 fully saturated rings. The van der Waals surface area contributed by atoms with Crippen molar-refractivity contribution in [2.75, 3.05) is 6.61 Å². The van der Waals surface area contributed by atoms with Crippen LogP contribution in [0.3, 0.4) is 0 Å². The number of hydrogen-bond donors (Lipinski definition) is 0. The summed E-state index contributed by atoms with van der Waals surface area (Å²) in [5.74, 6) is 0. The summed E-state index contributed by atoms with van der Waals surface area (Å²) in [4.78, 5) is 0. The molecule has 0 aromatic heterocycles. The lowest BCUT2D eigenvalue weighted by Gasteiger charge is -2.14. The molecule has 90 valence electrons. The number of hydrogen-bond acceptors (Lipinski definition) is 1. The first kappa shape index (κ1) is 12.1. The fraction of sp³-hybridized carbons (Fsp3) is 0.375. The Morgan fingerprint density at radius 2 is 2.00 bits per heavy atom. The van der Waals surface area contributed by atoms with Crippen LogP contribution in [0.4, 0.5) is 0 Å². The minimum atomic E-state index is 0.272. The molecule has 0 aliphatic heterocycles. The van der Waals surface area contributed by atoms with Gasteiger partial charge < -0.3 is 4.74 Å². The molecule has 17 heavy (non-hydrogen) atoms. The van der Waals surface area contributed by atoms with E-state index in [1.54, 1.807) is 0 Å². The summed E-state index contributed by atoms with van der Waals surface area (Å²) in [6.45, 7) is 2.88. The van der Waals surface area contributed by atoms with Crippen molar-refractivity contribution in [3.63, 3.8) is 0 Å². The standard InChI is InChI=1S/C16H20O/c1-14(12-15-8-4-2-5-9-15)17-13-16-10-6-3-7-11-16/h2,4-6,8-11,14H,3,7,12-13H2,1H3. The van der Waals surface area contributed by atoms with Crippen LogP contribution in [0.5, 0.6) is 0 Å². The fourth-order valence-electron chi connectivity index (χ4n) is 2.02. The number of rotatable bonds is 5. The van der Waals surface area contributed by atoms with Crippen LogP contribution < -0.4 is 0 Å². The second-order valence-electron chi connectivity index (χ2n) is 4.57. The third-order valence-electron chi connectivity index (χ3n) is 2.97. The molecule has 0 radical (unpaired) electrons. The fourth-order valence-corrected chi connectivity index (χ4v) is 2.02. The van der Waals surface area contributed by atoms with E-state index in [9.17, 15) is 0 Å². The quantitative estimate of drug-likeness (QED) is 0.742. The maximum atomic E-state index is 5.87. The molecule has 1 heteroatoms. The van der Waals surface area contributed by atoms with Gasteiger partial charge in [-0.3, -0.25) is 0 Å². The lowest BCUT2D eigenvalue weighted by molar-refractivity contribution is 0.0850. The molecule has 1 atom stereocenters. The molecule has 0 N–H and O–H groups in total. The first-order valence-corrected chi connectivity index (χ1v) is 6.35. The van der Waals surface area contributed by atoms with E-state index in [0.717, 1.165) is 19.4 Å². The highest BCUT2D eigenvalue weighted by molar-refractivity contribution is 5.22. The number of benzene rings is 1. The Labute approximate surface area is 104 Å². The normalized spacial score (nSPS) is 16.6. The van der Waals surface area contributed by atoms with Crippen LogP contribution in [0.15, 0.2) is 54.1 Å². The molecule has 0 amide bonds. The summed E-state index contributed by atoms with van der Waals surface area (Å²) in [6.07, 6.45) is 10.3. The van der Waals surface area contributed by atoms with E-state index in [1.807, 2.05) is 6.07 Å². The van der Waals surface area contributed by atoms with Gasteiger partial charge >= 0.3 is 0 Å². The first-order valence-electron chi connectivity index (χ1n) is 6.35. The summed E-state index contributed by atoms with van der Waals surface area (Å²) in [5, 5.41) is 0. The molecule has 2 rings (SSSR count). The summed E-state index contributed by atoms with van der Waals surface area (Å²) < 4.78 is 5.87. The molecular weight excluding hydrogens is 208 g/mol. The molecule has 1 unspecified atom stereocenters. The van der Waals surface area contributed by atoms with E-state index in [1.165, 1.54) is 17.6 Å². The molecule has 0 saturated carbocycles. The Bertz CT molecular complexity index is 389. The molecular formula is C16H20O. The highest BCUT2D eigenvalue weighted by atomic mass is 16.5. The van der Waals surface area contributed by atoms with E-state index >= 15 is 0 Å². The predicted molar refractivity (Wildman–Crippen MR) is 72.0 cm³/mol. The average Bonchev–Trinajstić information content (AvgIpc) is 2.39. The van der Waals surface area contributed by atoms with Crippen LogP contribution in [-0.4, -0.2) is 12.7 Å². The van der Waals surface area contributed by atoms with Crippen LogP contribution in [0.1, 0.15) is 25.3 Å². The highest BCUT2D eigenvalue weighted by Crippen LogP contribution is 2.12. The monoisotopic (exact) mass is 228 g/mol.